The molecule has 12 aromatic carbocycles. The largest absolute Gasteiger partial charge is 0.455 e. The summed E-state index contributed by atoms with van der Waals surface area (Å²) in [5.74, 6) is 0. The van der Waals surface area contributed by atoms with Crippen LogP contribution in [0.4, 0.5) is 17.1 Å². The Hall–Kier alpha value is -9.76. The van der Waals surface area contributed by atoms with Crippen LogP contribution >= 0.6 is 0 Å². The van der Waals surface area contributed by atoms with Gasteiger partial charge in [-0.15, -0.1) is 0 Å². The molecule has 2 aliphatic carbocycles. The van der Waals surface area contributed by atoms with Crippen LogP contribution in [0.15, 0.2) is 302 Å². The molecule has 0 aliphatic heterocycles. The highest BCUT2D eigenvalue weighted by Crippen LogP contribution is 2.61. The number of para-hydroxylation sites is 2. The van der Waals surface area contributed by atoms with Gasteiger partial charge in [-0.05, 0) is 120 Å². The fourth-order valence-corrected chi connectivity index (χ4v) is 13.3. The van der Waals surface area contributed by atoms with E-state index in [2.05, 4.69) is 296 Å². The zero-order valence-electron chi connectivity index (χ0n) is 41.6. The van der Waals surface area contributed by atoms with Gasteiger partial charge in [-0.2, -0.15) is 0 Å². The van der Waals surface area contributed by atoms with Crippen molar-refractivity contribution in [3.8, 4) is 44.5 Å². The van der Waals surface area contributed by atoms with Gasteiger partial charge >= 0.3 is 0 Å². The van der Waals surface area contributed by atoms with E-state index in [-0.39, 0.29) is 0 Å². The van der Waals surface area contributed by atoms with Crippen molar-refractivity contribution < 1.29 is 4.42 Å². The molecule has 0 unspecified atom stereocenters. The van der Waals surface area contributed by atoms with E-state index in [4.69, 9.17) is 4.42 Å². The predicted octanol–water partition coefficient (Wildman–Crippen LogP) is 19.1. The normalized spacial score (nSPS) is 13.5. The highest BCUT2D eigenvalue weighted by molar-refractivity contribution is 6.09. The number of nitrogens with zero attached hydrogens (tertiary/aromatic N) is 1. The Morgan fingerprint density at radius 3 is 1.29 bits per heavy atom. The third-order valence-corrected chi connectivity index (χ3v) is 16.4. The van der Waals surface area contributed by atoms with Gasteiger partial charge < -0.3 is 9.32 Å². The molecule has 0 fully saturated rings. The second kappa shape index (κ2) is 17.4. The highest BCUT2D eigenvalue weighted by Gasteiger charge is 2.48. The number of anilines is 3. The molecule has 0 spiro atoms. The Morgan fingerprint density at radius 1 is 0.263 bits per heavy atom. The van der Waals surface area contributed by atoms with Crippen molar-refractivity contribution >= 4 is 39.0 Å². The maximum atomic E-state index is 6.63. The van der Waals surface area contributed by atoms with Crippen LogP contribution in [0.3, 0.4) is 0 Å². The third kappa shape index (κ3) is 6.41. The number of rotatable bonds is 9. The molecule has 0 atom stereocenters. The number of fused-ring (bicyclic) bond motifs is 9. The van der Waals surface area contributed by atoms with E-state index >= 15 is 0 Å². The zero-order valence-corrected chi connectivity index (χ0v) is 41.6. The Morgan fingerprint density at radius 2 is 0.697 bits per heavy atom. The molecule has 2 nitrogen and oxygen atoms in total. The molecule has 1 heterocycles. The molecule has 0 N–H and O–H groups in total. The van der Waals surface area contributed by atoms with Crippen molar-refractivity contribution in [2.45, 2.75) is 10.8 Å². The van der Waals surface area contributed by atoms with Gasteiger partial charge in [0.2, 0.25) is 0 Å². The highest BCUT2D eigenvalue weighted by atomic mass is 16.3. The van der Waals surface area contributed by atoms with E-state index in [1.54, 1.807) is 0 Å². The monoisotopic (exact) mass is 967 g/mol. The summed E-state index contributed by atoms with van der Waals surface area (Å²) in [7, 11) is 0. The first-order valence-corrected chi connectivity index (χ1v) is 26.3. The summed E-state index contributed by atoms with van der Waals surface area (Å²) in [6.07, 6.45) is 0. The molecule has 76 heavy (non-hydrogen) atoms. The summed E-state index contributed by atoms with van der Waals surface area (Å²) in [6.45, 7) is 0. The number of furan rings is 1. The first-order valence-electron chi connectivity index (χ1n) is 26.3. The van der Waals surface area contributed by atoms with E-state index in [0.29, 0.717) is 0 Å². The van der Waals surface area contributed by atoms with E-state index in [1.165, 1.54) is 66.8 Å². The van der Waals surface area contributed by atoms with Crippen LogP contribution in [0.25, 0.3) is 66.4 Å². The van der Waals surface area contributed by atoms with Crippen molar-refractivity contribution in [2.24, 2.45) is 0 Å². The van der Waals surface area contributed by atoms with Gasteiger partial charge in [0.1, 0.15) is 11.2 Å². The lowest BCUT2D eigenvalue weighted by Crippen LogP contribution is -2.29. The minimum atomic E-state index is -0.617. The van der Waals surface area contributed by atoms with Gasteiger partial charge in [-0.1, -0.05) is 255 Å². The van der Waals surface area contributed by atoms with Crippen LogP contribution in [0.5, 0.6) is 0 Å². The number of hydrogen-bond acceptors (Lipinski definition) is 2. The van der Waals surface area contributed by atoms with Crippen LogP contribution in [0.2, 0.25) is 0 Å². The first kappa shape index (κ1) is 43.8. The van der Waals surface area contributed by atoms with E-state index in [1.807, 2.05) is 6.07 Å². The smallest absolute Gasteiger partial charge is 0.143 e. The second-order valence-electron chi connectivity index (χ2n) is 20.2. The molecule has 2 heteroatoms. The lowest BCUT2D eigenvalue weighted by atomic mass is 9.67. The number of hydrogen-bond donors (Lipinski definition) is 0. The Balaban J connectivity index is 1.04. The van der Waals surface area contributed by atoms with Crippen molar-refractivity contribution in [3.05, 3.63) is 342 Å². The van der Waals surface area contributed by atoms with Crippen LogP contribution in [-0.2, 0) is 10.8 Å². The maximum Gasteiger partial charge on any atom is 0.143 e. The van der Waals surface area contributed by atoms with Gasteiger partial charge in [-0.25, -0.2) is 0 Å². The second-order valence-corrected chi connectivity index (χ2v) is 20.2. The van der Waals surface area contributed by atoms with Gasteiger partial charge in [-0.3, -0.25) is 0 Å². The van der Waals surface area contributed by atoms with Crippen LogP contribution in [-0.4, -0.2) is 0 Å². The van der Waals surface area contributed by atoms with Crippen molar-refractivity contribution in [3.63, 3.8) is 0 Å². The third-order valence-electron chi connectivity index (χ3n) is 16.4. The predicted molar refractivity (Wildman–Crippen MR) is 314 cm³/mol. The lowest BCUT2D eigenvalue weighted by Gasteiger charge is -2.36. The van der Waals surface area contributed by atoms with Crippen LogP contribution in [0.1, 0.15) is 44.5 Å². The summed E-state index contributed by atoms with van der Waals surface area (Å²) < 4.78 is 6.63. The molecule has 1 aromatic heterocycles. The summed E-state index contributed by atoms with van der Waals surface area (Å²) in [5, 5.41) is 2.24. The fourth-order valence-electron chi connectivity index (χ4n) is 13.3. The minimum Gasteiger partial charge on any atom is -0.455 e. The molecule has 0 saturated carbocycles. The summed E-state index contributed by atoms with van der Waals surface area (Å²) in [5.41, 5.74) is 23.1. The molecule has 2 aliphatic rings. The van der Waals surface area contributed by atoms with Gasteiger partial charge in [0, 0.05) is 33.3 Å². The van der Waals surface area contributed by atoms with Crippen LogP contribution in [0, 0.1) is 0 Å². The Labute approximate surface area is 443 Å². The molecule has 15 rings (SSSR count). The summed E-state index contributed by atoms with van der Waals surface area (Å²) in [6, 6.07) is 110. The lowest BCUT2D eigenvalue weighted by molar-refractivity contribution is 0.670. The minimum absolute atomic E-state index is 0.594. The average Bonchev–Trinajstić information content (AvgIpc) is 4.16. The van der Waals surface area contributed by atoms with E-state index in [0.717, 1.165) is 61.3 Å². The molecule has 0 bridgehead atoms. The quantitative estimate of drug-likeness (QED) is 0.143. The van der Waals surface area contributed by atoms with Gasteiger partial charge in [0.05, 0.1) is 16.5 Å². The molecule has 0 amide bonds. The Bertz CT molecular complexity index is 4230. The topological polar surface area (TPSA) is 16.4 Å². The van der Waals surface area contributed by atoms with Crippen molar-refractivity contribution in [1.29, 1.82) is 0 Å². The van der Waals surface area contributed by atoms with Crippen molar-refractivity contribution in [1.82, 2.24) is 0 Å². The first-order chi connectivity index (χ1) is 37.7. The molecule has 13 aromatic rings. The molecule has 0 saturated heterocycles. The molecular weight excluding hydrogens is 919 g/mol. The standard InChI is InChI=1S/C74H49NO/c1-6-23-50(24-7-1)64-48-65-60-34-17-20-39-67(60)74(54-29-12-4-13-30-54,55-31-14-5-15-32-55)69(65)49-70(64)75(56-43-41-51(42-44-56)58-36-22-37-63-62-35-18-21-40-71(62)76-72(58)63)57-45-46-61-59-33-16-19-38-66(59)73(68(61)47-57,52-25-8-2-9-26-52)53-27-10-3-11-28-53/h1-49H. The molecular formula is C74H49NO. The van der Waals surface area contributed by atoms with Crippen LogP contribution < -0.4 is 4.90 Å². The molecule has 0 radical (unpaired) electrons. The van der Waals surface area contributed by atoms with Crippen molar-refractivity contribution in [2.75, 3.05) is 4.90 Å². The SMILES string of the molecule is c1ccc(-c2cc3c(cc2N(c2ccc(-c4cccc5c4oc4ccccc45)cc2)c2ccc4c(c2)C(c2ccccc2)(c2ccccc2)c2ccccc2-4)C(c2ccccc2)(c2ccccc2)c2ccccc2-3)cc1. The van der Waals surface area contributed by atoms with Gasteiger partial charge in [0.25, 0.3) is 0 Å². The summed E-state index contributed by atoms with van der Waals surface area (Å²) in [4.78, 5) is 2.53. The zero-order chi connectivity index (χ0) is 50.2. The van der Waals surface area contributed by atoms with E-state index < -0.39 is 10.8 Å². The molecule has 356 valence electrons. The van der Waals surface area contributed by atoms with E-state index in [9.17, 15) is 0 Å². The summed E-state index contributed by atoms with van der Waals surface area (Å²) >= 11 is 0. The fraction of sp³-hybridized carbons (Fsp3) is 0.0270. The number of benzene rings is 12. The Kier molecular flexibility index (Phi) is 10.0. The maximum absolute atomic E-state index is 6.63. The van der Waals surface area contributed by atoms with Gasteiger partial charge in [0.15, 0.2) is 0 Å². The average molecular weight is 968 g/mol.